The number of hydrogen-bond acceptors (Lipinski definition) is 2. The van der Waals surface area contributed by atoms with Crippen LogP contribution < -0.4 is 0 Å². The Morgan fingerprint density at radius 3 is 2.75 bits per heavy atom. The summed E-state index contributed by atoms with van der Waals surface area (Å²) in [6, 6.07) is 7.48. The molecule has 1 aliphatic carbocycles. The lowest BCUT2D eigenvalue weighted by Gasteiger charge is -2.06. The fourth-order valence-electron chi connectivity index (χ4n) is 2.44. The maximum absolute atomic E-state index is 13.0. The van der Waals surface area contributed by atoms with E-state index in [1.165, 1.54) is 10.9 Å². The zero-order valence-electron chi connectivity index (χ0n) is 11.0. The molecule has 1 aliphatic rings. The van der Waals surface area contributed by atoms with Crippen molar-refractivity contribution in [2.45, 2.75) is 25.2 Å². The van der Waals surface area contributed by atoms with Crippen LogP contribution in [0.15, 0.2) is 24.4 Å². The van der Waals surface area contributed by atoms with Crippen LogP contribution in [0.5, 0.6) is 0 Å². The fourth-order valence-corrected chi connectivity index (χ4v) is 2.44. The van der Waals surface area contributed by atoms with Gasteiger partial charge in [0.2, 0.25) is 0 Å². The van der Waals surface area contributed by atoms with Crippen molar-refractivity contribution < 1.29 is 8.78 Å². The second-order valence-electron chi connectivity index (χ2n) is 5.10. The number of nitriles is 1. The first-order chi connectivity index (χ1) is 9.60. The lowest BCUT2D eigenvalue weighted by Crippen LogP contribution is -1.92. The molecule has 1 aromatic heterocycles. The van der Waals surface area contributed by atoms with Crippen LogP contribution in [0.2, 0.25) is 0 Å². The van der Waals surface area contributed by atoms with Crippen LogP contribution in [-0.2, 0) is 7.05 Å². The average molecular weight is 273 g/mol. The van der Waals surface area contributed by atoms with Crippen molar-refractivity contribution in [2.75, 3.05) is 0 Å². The monoisotopic (exact) mass is 273 g/mol. The quantitative estimate of drug-likeness (QED) is 0.854. The van der Waals surface area contributed by atoms with Crippen molar-refractivity contribution in [2.24, 2.45) is 7.05 Å². The van der Waals surface area contributed by atoms with Crippen molar-refractivity contribution in [1.82, 2.24) is 9.78 Å². The van der Waals surface area contributed by atoms with Gasteiger partial charge >= 0.3 is 0 Å². The van der Waals surface area contributed by atoms with E-state index in [4.69, 9.17) is 0 Å². The second kappa shape index (κ2) is 4.71. The van der Waals surface area contributed by atoms with Gasteiger partial charge in [0.25, 0.3) is 6.43 Å². The number of hydrogen-bond donors (Lipinski definition) is 0. The summed E-state index contributed by atoms with van der Waals surface area (Å²) >= 11 is 0. The van der Waals surface area contributed by atoms with Crippen LogP contribution in [0.25, 0.3) is 11.3 Å². The Morgan fingerprint density at radius 2 is 2.15 bits per heavy atom. The Kier molecular flexibility index (Phi) is 3.01. The molecule has 0 unspecified atom stereocenters. The number of halogens is 2. The highest BCUT2D eigenvalue weighted by atomic mass is 19.3. The minimum Gasteiger partial charge on any atom is -0.275 e. The molecule has 1 heterocycles. The number of alkyl halides is 2. The van der Waals surface area contributed by atoms with E-state index < -0.39 is 6.43 Å². The zero-order valence-corrected chi connectivity index (χ0v) is 11.0. The van der Waals surface area contributed by atoms with Crippen molar-refractivity contribution in [3.8, 4) is 17.3 Å². The molecular weight excluding hydrogens is 260 g/mol. The van der Waals surface area contributed by atoms with Crippen LogP contribution >= 0.6 is 0 Å². The standard InChI is InChI=1S/C15H13F2N3/c1-20-8-13(15(16)17)14(19-20)10-4-5-12(9-2-3-9)11(6-10)7-18/h4-6,8-9,15H,2-3H2,1H3. The second-order valence-corrected chi connectivity index (χ2v) is 5.10. The zero-order chi connectivity index (χ0) is 14.3. The third-order valence-electron chi connectivity index (χ3n) is 3.56. The minimum absolute atomic E-state index is 0.101. The predicted molar refractivity (Wildman–Crippen MR) is 70.3 cm³/mol. The molecule has 0 amide bonds. The lowest BCUT2D eigenvalue weighted by molar-refractivity contribution is 0.152. The highest BCUT2D eigenvalue weighted by Crippen LogP contribution is 2.42. The van der Waals surface area contributed by atoms with Crippen LogP contribution in [0.3, 0.4) is 0 Å². The Bertz CT molecular complexity index is 694. The van der Waals surface area contributed by atoms with Gasteiger partial charge in [-0.05, 0) is 30.4 Å². The largest absolute Gasteiger partial charge is 0.275 e. The first kappa shape index (κ1) is 12.8. The summed E-state index contributed by atoms with van der Waals surface area (Å²) < 4.78 is 27.4. The number of nitrogens with zero attached hydrogens (tertiary/aromatic N) is 3. The maximum atomic E-state index is 13.0. The first-order valence-electron chi connectivity index (χ1n) is 6.46. The third-order valence-corrected chi connectivity index (χ3v) is 3.56. The summed E-state index contributed by atoms with van der Waals surface area (Å²) in [5.41, 5.74) is 2.31. The minimum atomic E-state index is -2.58. The van der Waals surface area contributed by atoms with Gasteiger partial charge in [0.1, 0.15) is 5.69 Å². The molecule has 102 valence electrons. The van der Waals surface area contributed by atoms with Crippen molar-refractivity contribution in [3.63, 3.8) is 0 Å². The van der Waals surface area contributed by atoms with E-state index in [2.05, 4.69) is 11.2 Å². The highest BCUT2D eigenvalue weighted by molar-refractivity contribution is 5.66. The molecule has 0 bridgehead atoms. The number of rotatable bonds is 3. The summed E-state index contributed by atoms with van der Waals surface area (Å²) in [6.45, 7) is 0. The molecular formula is C15H13F2N3. The molecule has 1 saturated carbocycles. The predicted octanol–water partition coefficient (Wildman–Crippen LogP) is 3.77. The molecule has 3 nitrogen and oxygen atoms in total. The molecule has 5 heteroatoms. The first-order valence-corrected chi connectivity index (χ1v) is 6.46. The van der Waals surface area contributed by atoms with Gasteiger partial charge in [-0.25, -0.2) is 8.78 Å². The SMILES string of the molecule is Cn1cc(C(F)F)c(-c2ccc(C3CC3)c(C#N)c2)n1. The molecule has 2 aromatic rings. The highest BCUT2D eigenvalue weighted by Gasteiger charge is 2.27. The molecule has 0 spiro atoms. The number of aromatic nitrogens is 2. The van der Waals surface area contributed by atoms with Crippen molar-refractivity contribution in [1.29, 1.82) is 5.26 Å². The van der Waals surface area contributed by atoms with E-state index in [0.29, 0.717) is 17.0 Å². The molecule has 0 radical (unpaired) electrons. The molecule has 3 rings (SSSR count). The topological polar surface area (TPSA) is 41.6 Å². The molecule has 0 aliphatic heterocycles. The number of aryl methyl sites for hydroxylation is 1. The summed E-state index contributed by atoms with van der Waals surface area (Å²) in [7, 11) is 1.61. The Labute approximate surface area is 115 Å². The van der Waals surface area contributed by atoms with Crippen molar-refractivity contribution in [3.05, 3.63) is 41.1 Å². The van der Waals surface area contributed by atoms with Crippen LogP contribution in [0.1, 0.15) is 41.9 Å². The Balaban J connectivity index is 2.09. The van der Waals surface area contributed by atoms with Crippen LogP contribution in [0.4, 0.5) is 8.78 Å². The van der Waals surface area contributed by atoms with E-state index in [-0.39, 0.29) is 11.3 Å². The van der Waals surface area contributed by atoms with E-state index in [1.807, 2.05) is 6.07 Å². The van der Waals surface area contributed by atoms with Gasteiger partial charge in [-0.3, -0.25) is 4.68 Å². The fraction of sp³-hybridized carbons (Fsp3) is 0.333. The molecule has 1 fully saturated rings. The Hall–Kier alpha value is -2.22. The summed E-state index contributed by atoms with van der Waals surface area (Å²) in [5.74, 6) is 0.456. The molecule has 20 heavy (non-hydrogen) atoms. The molecule has 0 atom stereocenters. The van der Waals surface area contributed by atoms with Gasteiger partial charge in [-0.1, -0.05) is 12.1 Å². The van der Waals surface area contributed by atoms with Gasteiger partial charge < -0.3 is 0 Å². The molecule has 1 aromatic carbocycles. The van der Waals surface area contributed by atoms with Gasteiger partial charge in [0.05, 0.1) is 17.2 Å². The van der Waals surface area contributed by atoms with E-state index in [9.17, 15) is 14.0 Å². The molecule has 0 N–H and O–H groups in total. The van der Waals surface area contributed by atoms with Gasteiger partial charge in [-0.2, -0.15) is 10.4 Å². The number of benzene rings is 1. The smallest absolute Gasteiger partial charge is 0.267 e. The lowest BCUT2D eigenvalue weighted by atomic mass is 9.98. The van der Waals surface area contributed by atoms with Crippen molar-refractivity contribution >= 4 is 0 Å². The molecule has 0 saturated heterocycles. The summed E-state index contributed by atoms with van der Waals surface area (Å²) in [6.07, 6.45) is 0.938. The maximum Gasteiger partial charge on any atom is 0.267 e. The summed E-state index contributed by atoms with van der Waals surface area (Å²) in [5, 5.41) is 13.3. The average Bonchev–Trinajstić information content (AvgIpc) is 3.20. The normalized spacial score (nSPS) is 14.6. The van der Waals surface area contributed by atoms with E-state index in [0.717, 1.165) is 18.4 Å². The van der Waals surface area contributed by atoms with Gasteiger partial charge in [-0.15, -0.1) is 0 Å². The van der Waals surface area contributed by atoms with Crippen LogP contribution in [0, 0.1) is 11.3 Å². The van der Waals surface area contributed by atoms with E-state index >= 15 is 0 Å². The Morgan fingerprint density at radius 1 is 1.40 bits per heavy atom. The van der Waals surface area contributed by atoms with E-state index in [1.54, 1.807) is 19.2 Å². The summed E-state index contributed by atoms with van der Waals surface area (Å²) in [4.78, 5) is 0. The third kappa shape index (κ3) is 2.18. The van der Waals surface area contributed by atoms with Gasteiger partial charge in [0, 0.05) is 18.8 Å². The van der Waals surface area contributed by atoms with Gasteiger partial charge in [0.15, 0.2) is 0 Å². The van der Waals surface area contributed by atoms with Crippen LogP contribution in [-0.4, -0.2) is 9.78 Å².